The molecule has 3 rings (SSSR count). The highest BCUT2D eigenvalue weighted by Crippen LogP contribution is 2.17. The van der Waals surface area contributed by atoms with Gasteiger partial charge < -0.3 is 16.0 Å². The molecule has 19 heavy (non-hydrogen) atoms. The monoisotopic (exact) mass is 260 g/mol. The Balaban J connectivity index is 1.55. The highest BCUT2D eigenvalue weighted by Gasteiger charge is 2.20. The lowest BCUT2D eigenvalue weighted by Gasteiger charge is -2.28. The van der Waals surface area contributed by atoms with Gasteiger partial charge in [-0.1, -0.05) is 25.0 Å². The summed E-state index contributed by atoms with van der Waals surface area (Å²) in [6, 6.07) is 0.363. The van der Waals surface area contributed by atoms with E-state index in [1.807, 2.05) is 12.2 Å². The van der Waals surface area contributed by atoms with Crippen LogP contribution in [0.3, 0.4) is 0 Å². The van der Waals surface area contributed by atoms with Gasteiger partial charge in [-0.25, -0.2) is 4.79 Å². The number of nitrogens with one attached hydrogen (secondary N) is 4. The summed E-state index contributed by atoms with van der Waals surface area (Å²) in [5.41, 5.74) is 1.14. The molecule has 5 heteroatoms. The Hall–Kier alpha value is -1.91. The molecule has 2 amide bonds. The third-order valence-electron chi connectivity index (χ3n) is 3.77. The summed E-state index contributed by atoms with van der Waals surface area (Å²) < 4.78 is 0. The van der Waals surface area contributed by atoms with Crippen LogP contribution in [-0.4, -0.2) is 24.7 Å². The lowest BCUT2D eigenvalue weighted by atomic mass is 10.1. The second-order valence-electron chi connectivity index (χ2n) is 5.21. The number of amides is 2. The topological polar surface area (TPSA) is 65.2 Å². The van der Waals surface area contributed by atoms with Crippen LogP contribution in [0.1, 0.15) is 25.7 Å². The molecule has 0 spiro atoms. The minimum atomic E-state index is -0.116. The molecule has 0 radical (unpaired) electrons. The zero-order chi connectivity index (χ0) is 13.1. The van der Waals surface area contributed by atoms with E-state index in [9.17, 15) is 4.79 Å². The number of dihydropyridines is 1. The number of carbonyl (C=O) groups excluding carboxylic acids is 1. The number of fused-ring (bicyclic) bond motifs is 1. The van der Waals surface area contributed by atoms with Gasteiger partial charge in [0.05, 0.1) is 6.04 Å². The Labute approximate surface area is 113 Å². The normalized spacial score (nSPS) is 25.6. The Bertz CT molecular complexity index is 446. The van der Waals surface area contributed by atoms with Crippen LogP contribution in [0, 0.1) is 0 Å². The predicted octanol–water partition coefficient (Wildman–Crippen LogP) is 1.08. The van der Waals surface area contributed by atoms with Crippen molar-refractivity contribution in [3.05, 3.63) is 35.8 Å². The Morgan fingerprint density at radius 1 is 1.26 bits per heavy atom. The molecule has 2 heterocycles. The molecule has 1 atom stereocenters. The first kappa shape index (κ1) is 12.1. The molecular formula is C14H20N4O. The van der Waals surface area contributed by atoms with E-state index >= 15 is 0 Å². The van der Waals surface area contributed by atoms with E-state index in [2.05, 4.69) is 33.4 Å². The summed E-state index contributed by atoms with van der Waals surface area (Å²) >= 11 is 0. The second-order valence-corrected chi connectivity index (χ2v) is 5.21. The van der Waals surface area contributed by atoms with E-state index in [1.54, 1.807) is 0 Å². The van der Waals surface area contributed by atoms with Crippen molar-refractivity contribution in [1.29, 1.82) is 0 Å². The van der Waals surface area contributed by atoms with Crippen LogP contribution in [0.5, 0.6) is 0 Å². The third-order valence-corrected chi connectivity index (χ3v) is 3.77. The zero-order valence-electron chi connectivity index (χ0n) is 10.9. The summed E-state index contributed by atoms with van der Waals surface area (Å²) in [5, 5.41) is 12.5. The average Bonchev–Trinajstić information content (AvgIpc) is 2.91. The van der Waals surface area contributed by atoms with Crippen molar-refractivity contribution >= 4 is 6.03 Å². The molecule has 1 aliphatic carbocycles. The molecule has 5 nitrogen and oxygen atoms in total. The number of hydrogen-bond acceptors (Lipinski definition) is 3. The maximum absolute atomic E-state index is 11.9. The fraction of sp³-hybridized carbons (Fsp3) is 0.500. The quantitative estimate of drug-likeness (QED) is 0.562. The van der Waals surface area contributed by atoms with Crippen molar-refractivity contribution in [2.24, 2.45) is 0 Å². The van der Waals surface area contributed by atoms with Gasteiger partial charge in [-0.05, 0) is 25.0 Å². The first-order valence-corrected chi connectivity index (χ1v) is 6.98. The molecule has 0 aromatic heterocycles. The van der Waals surface area contributed by atoms with Gasteiger partial charge in [0.25, 0.3) is 0 Å². The van der Waals surface area contributed by atoms with Gasteiger partial charge in [-0.3, -0.25) is 5.32 Å². The van der Waals surface area contributed by atoms with Crippen LogP contribution < -0.4 is 21.3 Å². The van der Waals surface area contributed by atoms with Crippen molar-refractivity contribution in [1.82, 2.24) is 21.3 Å². The van der Waals surface area contributed by atoms with E-state index < -0.39 is 0 Å². The van der Waals surface area contributed by atoms with Crippen LogP contribution >= 0.6 is 0 Å². The van der Waals surface area contributed by atoms with Crippen LogP contribution in [0.15, 0.2) is 35.8 Å². The molecule has 0 saturated heterocycles. The summed E-state index contributed by atoms with van der Waals surface area (Å²) in [7, 11) is 0. The lowest BCUT2D eigenvalue weighted by Crippen LogP contribution is -2.47. The first-order valence-electron chi connectivity index (χ1n) is 6.98. The predicted molar refractivity (Wildman–Crippen MR) is 74.2 cm³/mol. The molecule has 0 aromatic rings. The number of carbonyl (C=O) groups is 1. The molecule has 3 aliphatic rings. The van der Waals surface area contributed by atoms with Gasteiger partial charge in [0.1, 0.15) is 5.82 Å². The molecule has 4 N–H and O–H groups in total. The summed E-state index contributed by atoms with van der Waals surface area (Å²) in [5.74, 6) is 0.748. The van der Waals surface area contributed by atoms with E-state index in [1.165, 1.54) is 12.8 Å². The van der Waals surface area contributed by atoms with E-state index in [0.29, 0.717) is 6.04 Å². The molecule has 102 valence electrons. The summed E-state index contributed by atoms with van der Waals surface area (Å²) in [6.45, 7) is 0.864. The van der Waals surface area contributed by atoms with Crippen molar-refractivity contribution in [3.8, 4) is 0 Å². The number of urea groups is 1. The minimum absolute atomic E-state index is 0.116. The highest BCUT2D eigenvalue weighted by molar-refractivity contribution is 5.76. The maximum Gasteiger partial charge on any atom is 0.320 e. The number of allylic oxidation sites excluding steroid dienone is 2. The maximum atomic E-state index is 11.9. The summed E-state index contributed by atoms with van der Waals surface area (Å²) in [4.78, 5) is 11.9. The Morgan fingerprint density at radius 2 is 2.11 bits per heavy atom. The van der Waals surface area contributed by atoms with Gasteiger partial charge in [-0.15, -0.1) is 0 Å². The standard InChI is InChI=1S/C14H20N4O/c19-14(16-10-4-1-2-5-10)18-13-8-7-11-12(17-13)6-3-9-15-11/h3,6-8,10,12,15,17H,1-2,4-5,9H2,(H2,16,18,19). The van der Waals surface area contributed by atoms with Crippen LogP contribution in [0.4, 0.5) is 4.79 Å². The minimum Gasteiger partial charge on any atom is -0.383 e. The van der Waals surface area contributed by atoms with Crippen molar-refractivity contribution in [2.45, 2.75) is 37.8 Å². The van der Waals surface area contributed by atoms with Crippen molar-refractivity contribution in [3.63, 3.8) is 0 Å². The van der Waals surface area contributed by atoms with E-state index in [4.69, 9.17) is 0 Å². The molecule has 0 aromatic carbocycles. The largest absolute Gasteiger partial charge is 0.383 e. The second kappa shape index (κ2) is 5.38. The highest BCUT2D eigenvalue weighted by atomic mass is 16.2. The van der Waals surface area contributed by atoms with Crippen LogP contribution in [0.2, 0.25) is 0 Å². The van der Waals surface area contributed by atoms with Gasteiger partial charge in [0.2, 0.25) is 0 Å². The van der Waals surface area contributed by atoms with Crippen molar-refractivity contribution < 1.29 is 4.79 Å². The van der Waals surface area contributed by atoms with Gasteiger partial charge >= 0.3 is 6.03 Å². The average molecular weight is 260 g/mol. The molecule has 2 aliphatic heterocycles. The zero-order valence-corrected chi connectivity index (χ0v) is 10.9. The first-order chi connectivity index (χ1) is 9.31. The fourth-order valence-electron chi connectivity index (χ4n) is 2.76. The van der Waals surface area contributed by atoms with Gasteiger partial charge in [-0.2, -0.15) is 0 Å². The molecule has 0 bridgehead atoms. The third kappa shape index (κ3) is 2.92. The molecular weight excluding hydrogens is 240 g/mol. The van der Waals surface area contributed by atoms with E-state index in [0.717, 1.165) is 30.9 Å². The SMILES string of the molecule is O=C(NC1=CC=C2NCC=CC2N1)NC1CCCC1. The van der Waals surface area contributed by atoms with Crippen molar-refractivity contribution in [2.75, 3.05) is 6.54 Å². The number of hydrogen-bond donors (Lipinski definition) is 4. The van der Waals surface area contributed by atoms with Gasteiger partial charge in [0, 0.05) is 18.3 Å². The Morgan fingerprint density at radius 3 is 2.95 bits per heavy atom. The smallest absolute Gasteiger partial charge is 0.320 e. The summed E-state index contributed by atoms with van der Waals surface area (Å²) in [6.07, 6.45) is 12.7. The fourth-order valence-corrected chi connectivity index (χ4v) is 2.76. The lowest BCUT2D eigenvalue weighted by molar-refractivity contribution is 0.239. The van der Waals surface area contributed by atoms with Crippen LogP contribution in [-0.2, 0) is 0 Å². The number of rotatable bonds is 2. The molecule has 1 saturated carbocycles. The molecule has 1 fully saturated rings. The van der Waals surface area contributed by atoms with Gasteiger partial charge in [0.15, 0.2) is 0 Å². The van der Waals surface area contributed by atoms with E-state index in [-0.39, 0.29) is 12.1 Å². The molecule has 1 unspecified atom stereocenters. The Kier molecular flexibility index (Phi) is 3.44. The van der Waals surface area contributed by atoms with Crippen LogP contribution in [0.25, 0.3) is 0 Å².